The number of carbonyl (C=O) groups is 2. The fourth-order valence-electron chi connectivity index (χ4n) is 4.81. The number of benzene rings is 2. The molecule has 0 aromatic heterocycles. The molecule has 2 aliphatic rings. The zero-order valence-electron chi connectivity index (χ0n) is 18.7. The number of hydrogen-bond acceptors (Lipinski definition) is 4. The zero-order valence-corrected chi connectivity index (χ0v) is 18.7. The summed E-state index contributed by atoms with van der Waals surface area (Å²) in [6.07, 6.45) is 1.56. The normalized spacial score (nSPS) is 17.9. The van der Waals surface area contributed by atoms with Crippen molar-refractivity contribution in [3.63, 3.8) is 0 Å². The van der Waals surface area contributed by atoms with Gasteiger partial charge in [-0.3, -0.25) is 14.5 Å². The predicted octanol–water partition coefficient (Wildman–Crippen LogP) is 2.49. The van der Waals surface area contributed by atoms with Crippen molar-refractivity contribution in [1.82, 2.24) is 15.1 Å². The van der Waals surface area contributed by atoms with Gasteiger partial charge in [0.05, 0.1) is 5.41 Å². The maximum Gasteiger partial charge on any atom is 0.251 e. The Morgan fingerprint density at radius 2 is 1.81 bits per heavy atom. The molecule has 2 heterocycles. The summed E-state index contributed by atoms with van der Waals surface area (Å²) in [5.41, 5.74) is 3.36. The van der Waals surface area contributed by atoms with Crippen LogP contribution in [0.5, 0.6) is 0 Å². The van der Waals surface area contributed by atoms with Crippen LogP contribution in [0.15, 0.2) is 48.5 Å². The van der Waals surface area contributed by atoms with Crippen LogP contribution in [0.4, 0.5) is 5.69 Å². The highest BCUT2D eigenvalue weighted by molar-refractivity contribution is 6.09. The zero-order chi connectivity index (χ0) is 22.0. The van der Waals surface area contributed by atoms with E-state index in [-0.39, 0.29) is 11.8 Å². The van der Waals surface area contributed by atoms with Crippen molar-refractivity contribution in [3.05, 3.63) is 65.2 Å². The second kappa shape index (κ2) is 8.81. The molecule has 2 aliphatic heterocycles. The Kier molecular flexibility index (Phi) is 6.12. The van der Waals surface area contributed by atoms with Crippen molar-refractivity contribution in [2.24, 2.45) is 0 Å². The summed E-state index contributed by atoms with van der Waals surface area (Å²) in [6, 6.07) is 16.2. The Hall–Kier alpha value is -2.70. The maximum absolute atomic E-state index is 13.3. The lowest BCUT2D eigenvalue weighted by atomic mass is 9.73. The van der Waals surface area contributed by atoms with E-state index in [1.807, 2.05) is 50.3 Å². The SMILES string of the molecule is CN(C)CCNC(=O)c1ccc2c(c1)C1(CCN(Cc3ccccc3)CC1)C(=O)N2C. The van der Waals surface area contributed by atoms with Crippen molar-refractivity contribution in [2.45, 2.75) is 24.8 Å². The Balaban J connectivity index is 1.51. The molecule has 0 aliphatic carbocycles. The Morgan fingerprint density at radius 3 is 2.48 bits per heavy atom. The van der Waals surface area contributed by atoms with E-state index in [0.717, 1.165) is 50.3 Å². The summed E-state index contributed by atoms with van der Waals surface area (Å²) in [5, 5.41) is 2.98. The number of amides is 2. The third-order valence-corrected chi connectivity index (χ3v) is 6.65. The molecule has 0 saturated carbocycles. The van der Waals surface area contributed by atoms with Gasteiger partial charge in [0.15, 0.2) is 0 Å². The lowest BCUT2D eigenvalue weighted by Gasteiger charge is -2.38. The van der Waals surface area contributed by atoms with Crippen molar-refractivity contribution in [3.8, 4) is 0 Å². The molecule has 6 nitrogen and oxygen atoms in total. The number of likely N-dealkylation sites (tertiary alicyclic amines) is 1. The highest BCUT2D eigenvalue weighted by Gasteiger charge is 2.51. The first kappa shape index (κ1) is 21.5. The van der Waals surface area contributed by atoms with Crippen LogP contribution in [0, 0.1) is 0 Å². The van der Waals surface area contributed by atoms with Crippen molar-refractivity contribution in [1.29, 1.82) is 0 Å². The van der Waals surface area contributed by atoms with Gasteiger partial charge in [-0.25, -0.2) is 0 Å². The largest absolute Gasteiger partial charge is 0.351 e. The number of rotatable bonds is 6. The number of hydrogen-bond donors (Lipinski definition) is 1. The van der Waals surface area contributed by atoms with Gasteiger partial charge in [0.25, 0.3) is 5.91 Å². The summed E-state index contributed by atoms with van der Waals surface area (Å²) >= 11 is 0. The summed E-state index contributed by atoms with van der Waals surface area (Å²) < 4.78 is 0. The quantitative estimate of drug-likeness (QED) is 0.780. The molecule has 2 aromatic rings. The fraction of sp³-hybridized carbons (Fsp3) is 0.440. The molecule has 0 radical (unpaired) electrons. The van der Waals surface area contributed by atoms with Crippen LogP contribution in [0.1, 0.15) is 34.3 Å². The van der Waals surface area contributed by atoms with Crippen LogP contribution in [-0.4, -0.2) is 68.9 Å². The van der Waals surface area contributed by atoms with Gasteiger partial charge in [0.1, 0.15) is 0 Å². The lowest BCUT2D eigenvalue weighted by Crippen LogP contribution is -2.47. The van der Waals surface area contributed by atoms with E-state index in [0.29, 0.717) is 12.1 Å². The Bertz CT molecular complexity index is 949. The second-order valence-electron chi connectivity index (χ2n) is 9.00. The van der Waals surface area contributed by atoms with Gasteiger partial charge in [-0.2, -0.15) is 0 Å². The first-order valence-electron chi connectivity index (χ1n) is 11.0. The molecule has 0 bridgehead atoms. The molecule has 2 aromatic carbocycles. The van der Waals surface area contributed by atoms with Gasteiger partial charge in [-0.1, -0.05) is 30.3 Å². The summed E-state index contributed by atoms with van der Waals surface area (Å²) in [6.45, 7) is 4.03. The highest BCUT2D eigenvalue weighted by atomic mass is 16.2. The average Bonchev–Trinajstić information content (AvgIpc) is 2.97. The summed E-state index contributed by atoms with van der Waals surface area (Å²) in [7, 11) is 5.82. The number of anilines is 1. The van der Waals surface area contributed by atoms with Gasteiger partial charge < -0.3 is 15.1 Å². The number of piperidine rings is 1. The molecule has 0 atom stereocenters. The molecule has 1 spiro atoms. The minimum absolute atomic E-state index is 0.0803. The lowest BCUT2D eigenvalue weighted by molar-refractivity contribution is -0.124. The molecular formula is C25H32N4O2. The number of nitrogens with zero attached hydrogens (tertiary/aromatic N) is 3. The predicted molar refractivity (Wildman–Crippen MR) is 123 cm³/mol. The molecule has 31 heavy (non-hydrogen) atoms. The van der Waals surface area contributed by atoms with Gasteiger partial charge in [-0.15, -0.1) is 0 Å². The molecular weight excluding hydrogens is 388 g/mol. The Labute approximate surface area is 184 Å². The maximum atomic E-state index is 13.3. The number of fused-ring (bicyclic) bond motifs is 2. The number of nitrogens with one attached hydrogen (secondary N) is 1. The van der Waals surface area contributed by atoms with Crippen molar-refractivity contribution >= 4 is 17.5 Å². The van der Waals surface area contributed by atoms with Gasteiger partial charge in [0.2, 0.25) is 5.91 Å². The van der Waals surface area contributed by atoms with Crippen LogP contribution in [0.3, 0.4) is 0 Å². The minimum atomic E-state index is -0.517. The smallest absolute Gasteiger partial charge is 0.251 e. The van der Waals surface area contributed by atoms with Gasteiger partial charge >= 0.3 is 0 Å². The fourth-order valence-corrected chi connectivity index (χ4v) is 4.81. The average molecular weight is 421 g/mol. The summed E-state index contributed by atoms with van der Waals surface area (Å²) in [5.74, 6) is 0.0790. The van der Waals surface area contributed by atoms with Crippen LogP contribution in [-0.2, 0) is 16.8 Å². The monoisotopic (exact) mass is 420 g/mol. The van der Waals surface area contributed by atoms with Crippen LogP contribution < -0.4 is 10.2 Å². The third kappa shape index (κ3) is 4.23. The van der Waals surface area contributed by atoms with E-state index >= 15 is 0 Å². The van der Waals surface area contributed by atoms with Crippen LogP contribution in [0.2, 0.25) is 0 Å². The first-order valence-corrected chi connectivity index (χ1v) is 11.0. The second-order valence-corrected chi connectivity index (χ2v) is 9.00. The third-order valence-electron chi connectivity index (χ3n) is 6.65. The van der Waals surface area contributed by atoms with Crippen LogP contribution >= 0.6 is 0 Å². The molecule has 0 unspecified atom stereocenters. The number of carbonyl (C=O) groups excluding carboxylic acids is 2. The van der Waals surface area contributed by atoms with E-state index < -0.39 is 5.41 Å². The molecule has 1 fully saturated rings. The highest BCUT2D eigenvalue weighted by Crippen LogP contribution is 2.47. The van der Waals surface area contributed by atoms with Gasteiger partial charge in [0, 0.05) is 37.9 Å². The molecule has 1 saturated heterocycles. The van der Waals surface area contributed by atoms with E-state index in [1.54, 1.807) is 4.90 Å². The van der Waals surface area contributed by atoms with Crippen molar-refractivity contribution < 1.29 is 9.59 Å². The van der Waals surface area contributed by atoms with Crippen molar-refractivity contribution in [2.75, 3.05) is 52.2 Å². The molecule has 1 N–H and O–H groups in total. The topological polar surface area (TPSA) is 55.9 Å². The molecule has 6 heteroatoms. The van der Waals surface area contributed by atoms with E-state index in [1.165, 1.54) is 5.56 Å². The first-order chi connectivity index (χ1) is 14.9. The van der Waals surface area contributed by atoms with Gasteiger partial charge in [-0.05, 0) is 69.4 Å². The van der Waals surface area contributed by atoms with E-state index in [2.05, 4.69) is 34.5 Å². The van der Waals surface area contributed by atoms with E-state index in [9.17, 15) is 9.59 Å². The number of likely N-dealkylation sites (N-methyl/N-ethyl adjacent to an activating group) is 2. The minimum Gasteiger partial charge on any atom is -0.351 e. The standard InChI is InChI=1S/C25H32N4O2/c1-27(2)16-13-26-23(30)20-9-10-22-21(17-20)25(24(31)28(22)3)11-14-29(15-12-25)18-19-7-5-4-6-8-19/h4-10,17H,11-16,18H2,1-3H3,(H,26,30). The Morgan fingerprint density at radius 1 is 1.10 bits per heavy atom. The molecule has 4 rings (SSSR count). The van der Waals surface area contributed by atoms with Crippen LogP contribution in [0.25, 0.3) is 0 Å². The van der Waals surface area contributed by atoms with E-state index in [4.69, 9.17) is 0 Å². The summed E-state index contributed by atoms with van der Waals surface area (Å²) in [4.78, 5) is 32.2. The molecule has 2 amide bonds. The molecule has 164 valence electrons.